The van der Waals surface area contributed by atoms with Crippen LogP contribution in [-0.4, -0.2) is 12.1 Å². The molecule has 1 heterocycles. The van der Waals surface area contributed by atoms with Crippen LogP contribution in [-0.2, 0) is 4.79 Å². The zero-order chi connectivity index (χ0) is 10.3. The summed E-state index contributed by atoms with van der Waals surface area (Å²) in [7, 11) is 0. The van der Waals surface area contributed by atoms with E-state index in [9.17, 15) is 18.0 Å². The van der Waals surface area contributed by atoms with Crippen LogP contribution in [0.1, 0.15) is 12.8 Å². The Bertz CT molecular complexity index is 340. The van der Waals surface area contributed by atoms with E-state index in [-0.39, 0.29) is 24.7 Å². The molecule has 2 nitrogen and oxygen atoms in total. The zero-order valence-corrected chi connectivity index (χ0v) is 7.19. The molecule has 0 aromatic carbocycles. The van der Waals surface area contributed by atoms with Crippen molar-refractivity contribution in [1.82, 2.24) is 5.32 Å². The van der Waals surface area contributed by atoms with E-state index in [1.54, 1.807) is 0 Å². The summed E-state index contributed by atoms with van der Waals surface area (Å²) in [5.74, 6) is -0.498. The lowest BCUT2D eigenvalue weighted by Crippen LogP contribution is -2.19. The van der Waals surface area contributed by atoms with Gasteiger partial charge in [-0.25, -0.2) is 0 Å². The molecule has 0 aromatic rings. The molecule has 1 amide bonds. The summed E-state index contributed by atoms with van der Waals surface area (Å²) in [6, 6.07) is 0. The molecule has 1 atom stereocenters. The minimum Gasteiger partial charge on any atom is -0.329 e. The zero-order valence-electron chi connectivity index (χ0n) is 7.19. The quantitative estimate of drug-likeness (QED) is 0.640. The van der Waals surface area contributed by atoms with Gasteiger partial charge >= 0.3 is 6.18 Å². The molecule has 1 N–H and O–H groups in total. The van der Waals surface area contributed by atoms with E-state index in [2.05, 4.69) is 5.32 Å². The fourth-order valence-electron chi connectivity index (χ4n) is 1.74. The van der Waals surface area contributed by atoms with Crippen LogP contribution in [0.15, 0.2) is 23.4 Å². The number of carbonyl (C=O) groups is 1. The second-order valence-electron chi connectivity index (χ2n) is 3.47. The molecule has 1 unspecified atom stereocenters. The Labute approximate surface area is 78.5 Å². The van der Waals surface area contributed by atoms with E-state index in [0.29, 0.717) is 5.70 Å². The summed E-state index contributed by atoms with van der Waals surface area (Å²) in [5, 5.41) is 2.54. The van der Waals surface area contributed by atoms with Crippen molar-refractivity contribution in [2.45, 2.75) is 19.0 Å². The summed E-state index contributed by atoms with van der Waals surface area (Å²) in [5.41, 5.74) is 0.0609. The molecule has 0 spiro atoms. The Morgan fingerprint density at radius 3 is 2.64 bits per heavy atom. The molecule has 0 bridgehead atoms. The number of halogens is 3. The number of hydrogen-bond acceptors (Lipinski definition) is 1. The maximum atomic E-state index is 12.3. The molecule has 1 aliphatic heterocycles. The van der Waals surface area contributed by atoms with E-state index in [4.69, 9.17) is 0 Å². The number of alkyl halides is 3. The highest BCUT2D eigenvalue weighted by atomic mass is 19.4. The smallest absolute Gasteiger partial charge is 0.329 e. The Morgan fingerprint density at radius 1 is 1.29 bits per heavy atom. The van der Waals surface area contributed by atoms with Gasteiger partial charge < -0.3 is 5.32 Å². The lowest BCUT2D eigenvalue weighted by molar-refractivity contribution is -0.119. The highest BCUT2D eigenvalue weighted by molar-refractivity contribution is 5.82. The third-order valence-electron chi connectivity index (χ3n) is 2.45. The fraction of sp³-hybridized carbons (Fsp3) is 0.444. The highest BCUT2D eigenvalue weighted by Crippen LogP contribution is 2.38. The number of amides is 1. The van der Waals surface area contributed by atoms with Crippen molar-refractivity contribution in [3.8, 4) is 0 Å². The number of carbonyl (C=O) groups excluding carboxylic acids is 1. The number of hydrogen-bond donors (Lipinski definition) is 1. The first-order valence-electron chi connectivity index (χ1n) is 4.24. The van der Waals surface area contributed by atoms with Crippen molar-refractivity contribution in [1.29, 1.82) is 0 Å². The molecule has 2 rings (SSSR count). The standard InChI is InChI=1S/C9H8F3NO/c10-9(11,12)6-1-2-7-5(3-6)4-8(14)13-7/h1-2,5H,3-4H2,(H,13,14). The topological polar surface area (TPSA) is 29.1 Å². The van der Waals surface area contributed by atoms with E-state index in [1.807, 2.05) is 0 Å². The predicted molar refractivity (Wildman–Crippen MR) is 43.1 cm³/mol. The maximum absolute atomic E-state index is 12.3. The monoisotopic (exact) mass is 203 g/mol. The molecule has 1 saturated heterocycles. The van der Waals surface area contributed by atoms with Gasteiger partial charge in [-0.05, 0) is 12.5 Å². The number of fused-ring (bicyclic) bond motifs is 1. The summed E-state index contributed by atoms with van der Waals surface area (Å²) >= 11 is 0. The van der Waals surface area contributed by atoms with Crippen molar-refractivity contribution in [2.24, 2.45) is 5.92 Å². The van der Waals surface area contributed by atoms with Crippen molar-refractivity contribution in [2.75, 3.05) is 0 Å². The molecule has 76 valence electrons. The average molecular weight is 203 g/mol. The van der Waals surface area contributed by atoms with Crippen molar-refractivity contribution in [3.63, 3.8) is 0 Å². The molecule has 0 saturated carbocycles. The third-order valence-corrected chi connectivity index (χ3v) is 2.45. The lowest BCUT2D eigenvalue weighted by atomic mass is 9.91. The molecule has 2 aliphatic rings. The molecular formula is C9H8F3NO. The largest absolute Gasteiger partial charge is 0.412 e. The van der Waals surface area contributed by atoms with Gasteiger partial charge in [0.15, 0.2) is 0 Å². The van der Waals surface area contributed by atoms with Gasteiger partial charge in [-0.1, -0.05) is 6.08 Å². The number of nitrogens with one attached hydrogen (secondary N) is 1. The SMILES string of the molecule is O=C1CC2CC(C(F)(F)F)=CC=C2N1. The molecule has 0 aromatic heterocycles. The van der Waals surface area contributed by atoms with E-state index in [1.165, 1.54) is 6.08 Å². The van der Waals surface area contributed by atoms with Crippen LogP contribution in [0.2, 0.25) is 0 Å². The van der Waals surface area contributed by atoms with Crippen molar-refractivity contribution < 1.29 is 18.0 Å². The fourth-order valence-corrected chi connectivity index (χ4v) is 1.74. The number of rotatable bonds is 0. The molecular weight excluding hydrogens is 195 g/mol. The highest BCUT2D eigenvalue weighted by Gasteiger charge is 2.39. The summed E-state index contributed by atoms with van der Waals surface area (Å²) < 4.78 is 36.9. The molecule has 1 fully saturated rings. The number of allylic oxidation sites excluding steroid dienone is 4. The van der Waals surface area contributed by atoms with Gasteiger partial charge in [-0.15, -0.1) is 0 Å². The second-order valence-corrected chi connectivity index (χ2v) is 3.47. The van der Waals surface area contributed by atoms with Gasteiger partial charge in [0.1, 0.15) is 0 Å². The summed E-state index contributed by atoms with van der Waals surface area (Å²) in [4.78, 5) is 10.9. The van der Waals surface area contributed by atoms with Crippen LogP contribution >= 0.6 is 0 Å². The molecule has 0 radical (unpaired) electrons. The molecule has 1 aliphatic carbocycles. The van der Waals surface area contributed by atoms with Crippen LogP contribution in [0.25, 0.3) is 0 Å². The first kappa shape index (κ1) is 9.30. The van der Waals surface area contributed by atoms with Gasteiger partial charge in [0.05, 0.1) is 0 Å². The van der Waals surface area contributed by atoms with E-state index < -0.39 is 11.7 Å². The second kappa shape index (κ2) is 2.87. The van der Waals surface area contributed by atoms with E-state index in [0.717, 1.165) is 6.08 Å². The van der Waals surface area contributed by atoms with Gasteiger partial charge in [-0.2, -0.15) is 13.2 Å². The molecule has 5 heteroatoms. The lowest BCUT2D eigenvalue weighted by Gasteiger charge is -2.19. The minimum atomic E-state index is -4.27. The average Bonchev–Trinajstić information content (AvgIpc) is 2.41. The van der Waals surface area contributed by atoms with Crippen molar-refractivity contribution in [3.05, 3.63) is 23.4 Å². The maximum Gasteiger partial charge on any atom is 0.412 e. The molecule has 14 heavy (non-hydrogen) atoms. The minimum absolute atomic E-state index is 0.0892. The first-order valence-corrected chi connectivity index (χ1v) is 4.24. The summed E-state index contributed by atoms with van der Waals surface area (Å²) in [6.07, 6.45) is -1.81. The Kier molecular flexibility index (Phi) is 1.90. The third kappa shape index (κ3) is 1.54. The van der Waals surface area contributed by atoms with Crippen LogP contribution < -0.4 is 5.32 Å². The van der Waals surface area contributed by atoms with E-state index >= 15 is 0 Å². The normalized spacial score (nSPS) is 26.5. The van der Waals surface area contributed by atoms with Crippen LogP contribution in [0, 0.1) is 5.92 Å². The van der Waals surface area contributed by atoms with Crippen LogP contribution in [0.4, 0.5) is 13.2 Å². The van der Waals surface area contributed by atoms with Crippen LogP contribution in [0.5, 0.6) is 0 Å². The van der Waals surface area contributed by atoms with Gasteiger partial charge in [0, 0.05) is 23.6 Å². The van der Waals surface area contributed by atoms with Crippen LogP contribution in [0.3, 0.4) is 0 Å². The van der Waals surface area contributed by atoms with Crippen molar-refractivity contribution >= 4 is 5.91 Å². The van der Waals surface area contributed by atoms with Gasteiger partial charge in [0.2, 0.25) is 5.91 Å². The first-order chi connectivity index (χ1) is 6.47. The Morgan fingerprint density at radius 2 is 2.00 bits per heavy atom. The Hall–Kier alpha value is -1.26. The van der Waals surface area contributed by atoms with Gasteiger partial charge in [-0.3, -0.25) is 4.79 Å². The predicted octanol–water partition coefficient (Wildman–Crippen LogP) is 1.90. The Balaban J connectivity index is 2.21. The summed E-state index contributed by atoms with van der Waals surface area (Å²) in [6.45, 7) is 0. The van der Waals surface area contributed by atoms with Gasteiger partial charge in [0.25, 0.3) is 0 Å².